The molecule has 1 saturated heterocycles. The Bertz CT molecular complexity index is 700. The summed E-state index contributed by atoms with van der Waals surface area (Å²) in [5.74, 6) is -1.12. The van der Waals surface area contributed by atoms with Gasteiger partial charge in [0.15, 0.2) is 0 Å². The summed E-state index contributed by atoms with van der Waals surface area (Å²) in [4.78, 5) is 23.9. The lowest BCUT2D eigenvalue weighted by molar-refractivity contribution is -0.126. The van der Waals surface area contributed by atoms with Crippen LogP contribution in [-0.2, 0) is 14.8 Å². The Labute approximate surface area is 140 Å². The number of hydrogen-bond donors (Lipinski definition) is 2. The summed E-state index contributed by atoms with van der Waals surface area (Å²) in [6.07, 6.45) is 2.00. The molecule has 7 nitrogen and oxygen atoms in total. The van der Waals surface area contributed by atoms with E-state index in [0.717, 1.165) is 6.26 Å². The number of nitrogens with zero attached hydrogens (tertiary/aromatic N) is 1. The quantitative estimate of drug-likeness (QED) is 0.779. The van der Waals surface area contributed by atoms with Crippen LogP contribution in [0.4, 0.5) is 0 Å². The molecule has 1 heterocycles. The number of carbonyl (C=O) groups excluding carboxylic acids is 2. The molecule has 0 saturated carbocycles. The van der Waals surface area contributed by atoms with Gasteiger partial charge < -0.3 is 0 Å². The van der Waals surface area contributed by atoms with E-state index in [1.54, 1.807) is 18.2 Å². The molecule has 1 fully saturated rings. The smallest absolute Gasteiger partial charge is 0.269 e. The summed E-state index contributed by atoms with van der Waals surface area (Å²) in [5.41, 5.74) is 5.05. The van der Waals surface area contributed by atoms with Crippen LogP contribution in [-0.4, -0.2) is 43.9 Å². The number of piperidine rings is 1. The normalized spacial score (nSPS) is 16.8. The highest BCUT2D eigenvalue weighted by Crippen LogP contribution is 2.19. The standard InChI is InChI=1S/C14H18ClN3O4S/c1-23(21,22)18-7-5-10(6-8-18)13(19)16-17-14(20)11-3-2-4-12(15)9-11/h2-4,9-10H,5-8H2,1H3,(H,16,19)(H,17,20). The second-order valence-electron chi connectivity index (χ2n) is 5.39. The molecule has 23 heavy (non-hydrogen) atoms. The SMILES string of the molecule is CS(=O)(=O)N1CCC(C(=O)NNC(=O)c2cccc(Cl)c2)CC1. The highest BCUT2D eigenvalue weighted by atomic mass is 35.5. The first-order valence-corrected chi connectivity index (χ1v) is 9.31. The maximum absolute atomic E-state index is 12.0. The van der Waals surface area contributed by atoms with Crippen LogP contribution in [0.3, 0.4) is 0 Å². The van der Waals surface area contributed by atoms with Crippen LogP contribution in [0.1, 0.15) is 23.2 Å². The largest absolute Gasteiger partial charge is 0.273 e. The first-order valence-electron chi connectivity index (χ1n) is 7.08. The van der Waals surface area contributed by atoms with Crippen LogP contribution >= 0.6 is 11.6 Å². The lowest BCUT2D eigenvalue weighted by atomic mass is 9.98. The first kappa shape index (κ1) is 17.7. The van der Waals surface area contributed by atoms with Gasteiger partial charge in [0, 0.05) is 29.6 Å². The van der Waals surface area contributed by atoms with Crippen molar-refractivity contribution in [1.82, 2.24) is 15.2 Å². The van der Waals surface area contributed by atoms with E-state index in [0.29, 0.717) is 36.5 Å². The van der Waals surface area contributed by atoms with Gasteiger partial charge in [-0.05, 0) is 31.0 Å². The van der Waals surface area contributed by atoms with E-state index >= 15 is 0 Å². The zero-order chi connectivity index (χ0) is 17.0. The average Bonchev–Trinajstić information content (AvgIpc) is 2.51. The zero-order valence-corrected chi connectivity index (χ0v) is 14.2. The van der Waals surface area contributed by atoms with Gasteiger partial charge in [0.05, 0.1) is 6.26 Å². The number of sulfonamides is 1. The molecule has 0 radical (unpaired) electrons. The molecule has 126 valence electrons. The van der Waals surface area contributed by atoms with Gasteiger partial charge in [-0.3, -0.25) is 20.4 Å². The number of amides is 2. The second-order valence-corrected chi connectivity index (χ2v) is 7.81. The molecule has 1 aliphatic heterocycles. The minimum Gasteiger partial charge on any atom is -0.273 e. The third-order valence-electron chi connectivity index (χ3n) is 3.68. The van der Waals surface area contributed by atoms with Gasteiger partial charge in [0.1, 0.15) is 0 Å². The molecule has 0 aliphatic carbocycles. The van der Waals surface area contributed by atoms with Gasteiger partial charge in [-0.1, -0.05) is 17.7 Å². The number of rotatable bonds is 3. The van der Waals surface area contributed by atoms with Gasteiger partial charge in [-0.2, -0.15) is 0 Å². The molecule has 1 aliphatic rings. The monoisotopic (exact) mass is 359 g/mol. The van der Waals surface area contributed by atoms with Crippen molar-refractivity contribution in [2.75, 3.05) is 19.3 Å². The molecule has 2 rings (SSSR count). The maximum Gasteiger partial charge on any atom is 0.269 e. The minimum atomic E-state index is -3.22. The Morgan fingerprint density at radius 2 is 1.87 bits per heavy atom. The van der Waals surface area contributed by atoms with Crippen LogP contribution in [0.25, 0.3) is 0 Å². The zero-order valence-electron chi connectivity index (χ0n) is 12.6. The van der Waals surface area contributed by atoms with Gasteiger partial charge in [0.25, 0.3) is 5.91 Å². The third-order valence-corrected chi connectivity index (χ3v) is 5.22. The third kappa shape index (κ3) is 4.92. The van der Waals surface area contributed by atoms with Crippen LogP contribution in [0.5, 0.6) is 0 Å². The second kappa shape index (κ2) is 7.29. The summed E-state index contributed by atoms with van der Waals surface area (Å²) in [5, 5.41) is 0.428. The van der Waals surface area contributed by atoms with E-state index in [1.807, 2.05) is 0 Å². The molecule has 0 aromatic heterocycles. The Balaban J connectivity index is 1.83. The van der Waals surface area contributed by atoms with Crippen LogP contribution in [0.15, 0.2) is 24.3 Å². The number of halogens is 1. The van der Waals surface area contributed by atoms with Crippen molar-refractivity contribution < 1.29 is 18.0 Å². The molecule has 9 heteroatoms. The van der Waals surface area contributed by atoms with Crippen LogP contribution in [0.2, 0.25) is 5.02 Å². The minimum absolute atomic E-state index is 0.305. The van der Waals surface area contributed by atoms with E-state index in [1.165, 1.54) is 10.4 Å². The highest BCUT2D eigenvalue weighted by Gasteiger charge is 2.29. The van der Waals surface area contributed by atoms with Crippen molar-refractivity contribution >= 4 is 33.4 Å². The molecule has 0 bridgehead atoms. The molecular formula is C14H18ClN3O4S. The lowest BCUT2D eigenvalue weighted by Crippen LogP contribution is -2.48. The van der Waals surface area contributed by atoms with E-state index in [4.69, 9.17) is 11.6 Å². The summed E-state index contributed by atoms with van der Waals surface area (Å²) in [7, 11) is -3.22. The average molecular weight is 360 g/mol. The summed E-state index contributed by atoms with van der Waals surface area (Å²) in [6.45, 7) is 0.609. The maximum atomic E-state index is 12.0. The summed E-state index contributed by atoms with van der Waals surface area (Å²) < 4.78 is 24.2. The summed E-state index contributed by atoms with van der Waals surface area (Å²) in [6, 6.07) is 6.36. The van der Waals surface area contributed by atoms with Crippen LogP contribution in [0, 0.1) is 5.92 Å². The van der Waals surface area contributed by atoms with Crippen molar-refractivity contribution in [2.45, 2.75) is 12.8 Å². The van der Waals surface area contributed by atoms with Crippen molar-refractivity contribution in [3.05, 3.63) is 34.9 Å². The van der Waals surface area contributed by atoms with Crippen molar-refractivity contribution in [3.63, 3.8) is 0 Å². The predicted octanol–water partition coefficient (Wildman–Crippen LogP) is 0.773. The fraction of sp³-hybridized carbons (Fsp3) is 0.429. The Hall–Kier alpha value is -1.64. The Kier molecular flexibility index (Phi) is 5.61. The van der Waals surface area contributed by atoms with Gasteiger partial charge in [-0.15, -0.1) is 0 Å². The predicted molar refractivity (Wildman–Crippen MR) is 86.2 cm³/mol. The fourth-order valence-corrected chi connectivity index (χ4v) is 3.44. The van der Waals surface area contributed by atoms with E-state index in [-0.39, 0.29) is 11.8 Å². The Morgan fingerprint density at radius 1 is 1.22 bits per heavy atom. The molecule has 2 amide bonds. The molecule has 1 aromatic rings. The van der Waals surface area contributed by atoms with Gasteiger partial charge in [-0.25, -0.2) is 12.7 Å². The van der Waals surface area contributed by atoms with Crippen molar-refractivity contribution in [3.8, 4) is 0 Å². The molecule has 0 atom stereocenters. The Morgan fingerprint density at radius 3 is 2.43 bits per heavy atom. The molecular weight excluding hydrogens is 342 g/mol. The van der Waals surface area contributed by atoms with E-state index < -0.39 is 15.9 Å². The molecule has 0 unspecified atom stereocenters. The molecule has 1 aromatic carbocycles. The van der Waals surface area contributed by atoms with Gasteiger partial charge >= 0.3 is 0 Å². The summed E-state index contributed by atoms with van der Waals surface area (Å²) >= 11 is 5.80. The topological polar surface area (TPSA) is 95.6 Å². The lowest BCUT2D eigenvalue weighted by Gasteiger charge is -2.29. The number of hydrogen-bond acceptors (Lipinski definition) is 4. The van der Waals surface area contributed by atoms with E-state index in [9.17, 15) is 18.0 Å². The van der Waals surface area contributed by atoms with E-state index in [2.05, 4.69) is 10.9 Å². The van der Waals surface area contributed by atoms with Crippen molar-refractivity contribution in [2.24, 2.45) is 5.92 Å². The highest BCUT2D eigenvalue weighted by molar-refractivity contribution is 7.88. The molecule has 2 N–H and O–H groups in total. The first-order chi connectivity index (χ1) is 10.8. The number of nitrogens with one attached hydrogen (secondary N) is 2. The van der Waals surface area contributed by atoms with Gasteiger partial charge in [0.2, 0.25) is 15.9 Å². The fourth-order valence-electron chi connectivity index (χ4n) is 2.37. The number of hydrazine groups is 1. The van der Waals surface area contributed by atoms with Crippen LogP contribution < -0.4 is 10.9 Å². The number of carbonyl (C=O) groups is 2. The van der Waals surface area contributed by atoms with Crippen molar-refractivity contribution in [1.29, 1.82) is 0 Å². The number of benzene rings is 1. The molecule has 0 spiro atoms.